The topological polar surface area (TPSA) is 111 Å². The number of H-pyrrole nitrogens is 1. The van der Waals surface area contributed by atoms with Crippen LogP contribution in [0.15, 0.2) is 27.8 Å². The van der Waals surface area contributed by atoms with E-state index in [0.29, 0.717) is 36.5 Å². The summed E-state index contributed by atoms with van der Waals surface area (Å²) in [7, 11) is 1.77. The Kier molecular flexibility index (Phi) is 7.87. The number of amides is 1. The monoisotopic (exact) mass is 415 g/mol. The van der Waals surface area contributed by atoms with Crippen LogP contribution >= 0.6 is 0 Å². The van der Waals surface area contributed by atoms with Gasteiger partial charge in [-0.25, -0.2) is 4.98 Å². The second-order valence-corrected chi connectivity index (χ2v) is 7.59. The summed E-state index contributed by atoms with van der Waals surface area (Å²) in [6.45, 7) is 6.47. The highest BCUT2D eigenvalue weighted by Gasteiger charge is 2.26. The Bertz CT molecular complexity index is 803. The molecule has 0 spiro atoms. The van der Waals surface area contributed by atoms with E-state index < -0.39 is 0 Å². The number of piperidine rings is 1. The Labute approximate surface area is 177 Å². The van der Waals surface area contributed by atoms with E-state index >= 15 is 0 Å². The molecular weight excluding hydrogens is 382 g/mol. The van der Waals surface area contributed by atoms with E-state index in [-0.39, 0.29) is 5.92 Å². The molecule has 3 rings (SSSR count). The zero-order valence-electron chi connectivity index (χ0n) is 18.1. The number of carbonyl (C=O) groups is 1. The van der Waals surface area contributed by atoms with Crippen LogP contribution in [0.3, 0.4) is 0 Å². The SMILES string of the molecule is CCC(CC)C(=O)N1CCC(NC(=NC)NCCc2nc(-c3ccco3)n[nH]2)CC1. The number of rotatable bonds is 8. The molecule has 0 saturated carbocycles. The molecule has 9 heteroatoms. The Morgan fingerprint density at radius 1 is 1.37 bits per heavy atom. The summed E-state index contributed by atoms with van der Waals surface area (Å²) in [5.74, 6) is 3.24. The van der Waals surface area contributed by atoms with Gasteiger partial charge in [0.1, 0.15) is 5.82 Å². The lowest BCUT2D eigenvalue weighted by atomic mass is 9.98. The van der Waals surface area contributed by atoms with Gasteiger partial charge in [0.15, 0.2) is 11.7 Å². The molecule has 0 aliphatic carbocycles. The first-order valence-corrected chi connectivity index (χ1v) is 10.9. The second kappa shape index (κ2) is 10.8. The molecule has 0 radical (unpaired) electrons. The summed E-state index contributed by atoms with van der Waals surface area (Å²) in [6.07, 6.45) is 5.99. The van der Waals surface area contributed by atoms with Crippen LogP contribution in [-0.2, 0) is 11.2 Å². The summed E-state index contributed by atoms with van der Waals surface area (Å²) >= 11 is 0. The fourth-order valence-corrected chi connectivity index (χ4v) is 3.75. The average molecular weight is 416 g/mol. The zero-order chi connectivity index (χ0) is 21.3. The van der Waals surface area contributed by atoms with Crippen molar-refractivity contribution in [3.05, 3.63) is 24.2 Å². The van der Waals surface area contributed by atoms with Gasteiger partial charge in [-0.3, -0.25) is 14.9 Å². The van der Waals surface area contributed by atoms with Crippen molar-refractivity contribution in [1.29, 1.82) is 0 Å². The summed E-state index contributed by atoms with van der Waals surface area (Å²) < 4.78 is 5.31. The summed E-state index contributed by atoms with van der Waals surface area (Å²) in [4.78, 5) is 23.3. The van der Waals surface area contributed by atoms with Crippen LogP contribution in [0, 0.1) is 5.92 Å². The van der Waals surface area contributed by atoms with Crippen LogP contribution in [-0.4, -0.2) is 64.7 Å². The van der Waals surface area contributed by atoms with Gasteiger partial charge in [-0.1, -0.05) is 13.8 Å². The molecule has 0 atom stereocenters. The highest BCUT2D eigenvalue weighted by Crippen LogP contribution is 2.17. The average Bonchev–Trinajstić information content (AvgIpc) is 3.46. The zero-order valence-corrected chi connectivity index (χ0v) is 18.1. The van der Waals surface area contributed by atoms with E-state index in [9.17, 15) is 4.79 Å². The number of aromatic nitrogens is 3. The summed E-state index contributed by atoms with van der Waals surface area (Å²) in [5, 5.41) is 13.9. The lowest BCUT2D eigenvalue weighted by Gasteiger charge is -2.34. The van der Waals surface area contributed by atoms with Crippen LogP contribution in [0.25, 0.3) is 11.6 Å². The number of nitrogens with one attached hydrogen (secondary N) is 3. The molecule has 164 valence electrons. The Morgan fingerprint density at radius 2 is 2.13 bits per heavy atom. The molecule has 1 aliphatic rings. The Hall–Kier alpha value is -2.84. The van der Waals surface area contributed by atoms with Crippen molar-refractivity contribution in [2.24, 2.45) is 10.9 Å². The number of aromatic amines is 1. The van der Waals surface area contributed by atoms with Crippen molar-refractivity contribution < 1.29 is 9.21 Å². The number of carbonyl (C=O) groups excluding carboxylic acids is 1. The quantitative estimate of drug-likeness (QED) is 0.450. The molecule has 0 aromatic carbocycles. The third-order valence-electron chi connectivity index (χ3n) is 5.63. The minimum atomic E-state index is 0.160. The van der Waals surface area contributed by atoms with Gasteiger partial charge in [-0.15, -0.1) is 0 Å². The second-order valence-electron chi connectivity index (χ2n) is 7.59. The van der Waals surface area contributed by atoms with E-state index in [1.165, 1.54) is 0 Å². The minimum Gasteiger partial charge on any atom is -0.461 e. The molecule has 30 heavy (non-hydrogen) atoms. The van der Waals surface area contributed by atoms with E-state index in [4.69, 9.17) is 4.42 Å². The third kappa shape index (κ3) is 5.61. The third-order valence-corrected chi connectivity index (χ3v) is 5.63. The van der Waals surface area contributed by atoms with Crippen molar-refractivity contribution in [2.75, 3.05) is 26.7 Å². The van der Waals surface area contributed by atoms with Crippen LogP contribution in [0.4, 0.5) is 0 Å². The first-order chi connectivity index (χ1) is 14.6. The highest BCUT2D eigenvalue weighted by atomic mass is 16.3. The molecule has 2 aromatic heterocycles. The smallest absolute Gasteiger partial charge is 0.225 e. The summed E-state index contributed by atoms with van der Waals surface area (Å²) in [6, 6.07) is 3.97. The van der Waals surface area contributed by atoms with E-state index in [2.05, 4.69) is 44.7 Å². The fraction of sp³-hybridized carbons (Fsp3) is 0.619. The van der Waals surface area contributed by atoms with Gasteiger partial charge in [-0.2, -0.15) is 5.10 Å². The predicted octanol–water partition coefficient (Wildman–Crippen LogP) is 2.20. The highest BCUT2D eigenvalue weighted by molar-refractivity contribution is 5.80. The van der Waals surface area contributed by atoms with E-state index in [1.807, 2.05) is 17.0 Å². The molecule has 1 fully saturated rings. The van der Waals surface area contributed by atoms with Crippen LogP contribution < -0.4 is 10.6 Å². The van der Waals surface area contributed by atoms with Crippen molar-refractivity contribution in [2.45, 2.75) is 52.0 Å². The lowest BCUT2D eigenvalue weighted by molar-refractivity contribution is -0.136. The molecule has 2 aromatic rings. The Balaban J connectivity index is 1.40. The van der Waals surface area contributed by atoms with Gasteiger partial charge >= 0.3 is 0 Å². The number of furan rings is 1. The van der Waals surface area contributed by atoms with Gasteiger partial charge in [0, 0.05) is 45.1 Å². The van der Waals surface area contributed by atoms with Crippen molar-refractivity contribution in [1.82, 2.24) is 30.7 Å². The first-order valence-electron chi connectivity index (χ1n) is 10.9. The maximum atomic E-state index is 12.5. The molecule has 1 aliphatic heterocycles. The molecule has 0 unspecified atom stereocenters. The van der Waals surface area contributed by atoms with Crippen LogP contribution in [0.2, 0.25) is 0 Å². The molecule has 0 bridgehead atoms. The largest absolute Gasteiger partial charge is 0.461 e. The standard InChI is InChI=1S/C21H33N7O2/c1-4-15(5-2)20(29)28-12-9-16(10-13-28)24-21(22-3)23-11-8-18-25-19(27-26-18)17-7-6-14-30-17/h6-7,14-16H,4-5,8-13H2,1-3H3,(H2,22,23,24)(H,25,26,27). The normalized spacial score (nSPS) is 15.6. The molecular formula is C21H33N7O2. The number of nitrogens with zero attached hydrogens (tertiary/aromatic N) is 4. The van der Waals surface area contributed by atoms with E-state index in [1.54, 1.807) is 13.3 Å². The fourth-order valence-electron chi connectivity index (χ4n) is 3.75. The van der Waals surface area contributed by atoms with Gasteiger partial charge in [0.05, 0.1) is 6.26 Å². The molecule has 1 amide bonds. The van der Waals surface area contributed by atoms with Gasteiger partial charge < -0.3 is 20.0 Å². The molecule has 3 heterocycles. The van der Waals surface area contributed by atoms with Crippen LogP contribution in [0.1, 0.15) is 45.4 Å². The predicted molar refractivity (Wildman–Crippen MR) is 116 cm³/mol. The van der Waals surface area contributed by atoms with Crippen molar-refractivity contribution in [3.8, 4) is 11.6 Å². The van der Waals surface area contributed by atoms with Gasteiger partial charge in [0.2, 0.25) is 11.7 Å². The van der Waals surface area contributed by atoms with Gasteiger partial charge in [-0.05, 0) is 37.8 Å². The maximum absolute atomic E-state index is 12.5. The van der Waals surface area contributed by atoms with Crippen molar-refractivity contribution in [3.63, 3.8) is 0 Å². The number of hydrogen-bond acceptors (Lipinski definition) is 5. The van der Waals surface area contributed by atoms with Crippen LogP contribution in [0.5, 0.6) is 0 Å². The first kappa shape index (κ1) is 21.9. The maximum Gasteiger partial charge on any atom is 0.225 e. The van der Waals surface area contributed by atoms with E-state index in [0.717, 1.165) is 50.6 Å². The number of aliphatic imine (C=N–C) groups is 1. The van der Waals surface area contributed by atoms with Crippen molar-refractivity contribution >= 4 is 11.9 Å². The number of guanidine groups is 1. The minimum absolute atomic E-state index is 0.160. The molecule has 3 N–H and O–H groups in total. The lowest BCUT2D eigenvalue weighted by Crippen LogP contribution is -2.50. The molecule has 9 nitrogen and oxygen atoms in total. The summed E-state index contributed by atoms with van der Waals surface area (Å²) in [5.41, 5.74) is 0. The number of hydrogen-bond donors (Lipinski definition) is 3. The number of likely N-dealkylation sites (tertiary alicyclic amines) is 1. The molecule has 1 saturated heterocycles. The Morgan fingerprint density at radius 3 is 2.77 bits per heavy atom. The van der Waals surface area contributed by atoms with Gasteiger partial charge in [0.25, 0.3) is 0 Å².